The second kappa shape index (κ2) is 8.20. The molecule has 0 fully saturated rings. The van der Waals surface area contributed by atoms with E-state index in [1.54, 1.807) is 7.11 Å². The summed E-state index contributed by atoms with van der Waals surface area (Å²) in [5.74, 6) is 0.559. The van der Waals surface area contributed by atoms with Crippen molar-refractivity contribution in [1.29, 1.82) is 0 Å². The number of pyridine rings is 1. The molecular formula is C14H24N2O. The molecule has 1 heterocycles. The van der Waals surface area contributed by atoms with Gasteiger partial charge < -0.3 is 10.1 Å². The van der Waals surface area contributed by atoms with Gasteiger partial charge in [-0.25, -0.2) is 0 Å². The van der Waals surface area contributed by atoms with E-state index >= 15 is 0 Å². The third-order valence-corrected chi connectivity index (χ3v) is 3.03. The Kier molecular flexibility index (Phi) is 6.82. The van der Waals surface area contributed by atoms with Gasteiger partial charge in [0, 0.05) is 32.2 Å². The molecule has 0 aliphatic rings. The van der Waals surface area contributed by atoms with Crippen LogP contribution in [0.4, 0.5) is 0 Å². The first-order chi connectivity index (χ1) is 8.29. The third kappa shape index (κ3) is 4.84. The standard InChI is InChI=1S/C14H24N2O/c1-4-8-16-14(12(2)7-11-17-3)13-5-9-15-10-6-13/h5-6,9-10,12,14,16H,4,7-8,11H2,1-3H3. The van der Waals surface area contributed by atoms with Gasteiger partial charge in [-0.2, -0.15) is 0 Å². The highest BCUT2D eigenvalue weighted by molar-refractivity contribution is 5.15. The Morgan fingerprint density at radius 1 is 1.35 bits per heavy atom. The molecule has 2 unspecified atom stereocenters. The van der Waals surface area contributed by atoms with Crippen molar-refractivity contribution in [1.82, 2.24) is 10.3 Å². The van der Waals surface area contributed by atoms with Crippen LogP contribution in [0.1, 0.15) is 38.3 Å². The lowest BCUT2D eigenvalue weighted by atomic mass is 9.92. The molecular weight excluding hydrogens is 212 g/mol. The third-order valence-electron chi connectivity index (χ3n) is 3.03. The van der Waals surface area contributed by atoms with E-state index in [9.17, 15) is 0 Å². The number of aromatic nitrogens is 1. The second-order valence-corrected chi connectivity index (χ2v) is 4.47. The summed E-state index contributed by atoms with van der Waals surface area (Å²) >= 11 is 0. The van der Waals surface area contributed by atoms with Crippen LogP contribution in [-0.4, -0.2) is 25.2 Å². The lowest BCUT2D eigenvalue weighted by molar-refractivity contribution is 0.170. The van der Waals surface area contributed by atoms with Crippen molar-refractivity contribution in [2.24, 2.45) is 5.92 Å². The fourth-order valence-electron chi connectivity index (χ4n) is 1.99. The van der Waals surface area contributed by atoms with E-state index in [0.29, 0.717) is 12.0 Å². The molecule has 1 rings (SSSR count). The summed E-state index contributed by atoms with van der Waals surface area (Å²) in [6.45, 7) is 6.32. The first-order valence-electron chi connectivity index (χ1n) is 6.41. The topological polar surface area (TPSA) is 34.2 Å². The molecule has 1 N–H and O–H groups in total. The molecule has 0 aromatic carbocycles. The van der Waals surface area contributed by atoms with Crippen molar-refractivity contribution in [3.05, 3.63) is 30.1 Å². The quantitative estimate of drug-likeness (QED) is 0.753. The predicted molar refractivity (Wildman–Crippen MR) is 70.9 cm³/mol. The van der Waals surface area contributed by atoms with Gasteiger partial charge >= 0.3 is 0 Å². The van der Waals surface area contributed by atoms with Crippen molar-refractivity contribution in [3.63, 3.8) is 0 Å². The molecule has 1 aromatic rings. The summed E-state index contributed by atoms with van der Waals surface area (Å²) in [5, 5.41) is 3.61. The summed E-state index contributed by atoms with van der Waals surface area (Å²) < 4.78 is 5.16. The first-order valence-corrected chi connectivity index (χ1v) is 6.41. The Morgan fingerprint density at radius 2 is 2.06 bits per heavy atom. The Morgan fingerprint density at radius 3 is 2.65 bits per heavy atom. The van der Waals surface area contributed by atoms with Crippen molar-refractivity contribution in [3.8, 4) is 0 Å². The molecule has 0 saturated carbocycles. The van der Waals surface area contributed by atoms with Crippen molar-refractivity contribution >= 4 is 0 Å². The van der Waals surface area contributed by atoms with Crippen LogP contribution in [0, 0.1) is 5.92 Å². The summed E-state index contributed by atoms with van der Waals surface area (Å²) in [6, 6.07) is 4.58. The largest absolute Gasteiger partial charge is 0.385 e. The molecule has 0 aliphatic carbocycles. The van der Waals surface area contributed by atoms with Crippen molar-refractivity contribution in [2.75, 3.05) is 20.3 Å². The zero-order valence-electron chi connectivity index (χ0n) is 11.1. The predicted octanol–water partition coefficient (Wildman–Crippen LogP) is 2.79. The SMILES string of the molecule is CCCNC(c1ccncc1)C(C)CCOC. The molecule has 96 valence electrons. The molecule has 0 saturated heterocycles. The van der Waals surface area contributed by atoms with Gasteiger partial charge in [-0.3, -0.25) is 4.98 Å². The molecule has 0 spiro atoms. The number of hydrogen-bond acceptors (Lipinski definition) is 3. The second-order valence-electron chi connectivity index (χ2n) is 4.47. The van der Waals surface area contributed by atoms with Crippen LogP contribution >= 0.6 is 0 Å². The highest BCUT2D eigenvalue weighted by Crippen LogP contribution is 2.23. The van der Waals surface area contributed by atoms with Crippen LogP contribution in [-0.2, 0) is 4.74 Å². The van der Waals surface area contributed by atoms with E-state index < -0.39 is 0 Å². The van der Waals surface area contributed by atoms with E-state index in [4.69, 9.17) is 4.74 Å². The van der Waals surface area contributed by atoms with Crippen LogP contribution in [0.5, 0.6) is 0 Å². The van der Waals surface area contributed by atoms with Crippen LogP contribution < -0.4 is 5.32 Å². The molecule has 0 aliphatic heterocycles. The Bertz CT molecular complexity index is 290. The fourth-order valence-corrected chi connectivity index (χ4v) is 1.99. The van der Waals surface area contributed by atoms with Crippen LogP contribution in [0.25, 0.3) is 0 Å². The van der Waals surface area contributed by atoms with Crippen molar-refractivity contribution in [2.45, 2.75) is 32.7 Å². The van der Waals surface area contributed by atoms with E-state index in [-0.39, 0.29) is 0 Å². The summed E-state index contributed by atoms with van der Waals surface area (Å²) in [5.41, 5.74) is 1.32. The number of rotatable bonds is 8. The molecule has 0 amide bonds. The molecule has 2 atom stereocenters. The maximum absolute atomic E-state index is 5.16. The van der Waals surface area contributed by atoms with Gasteiger partial charge in [0.2, 0.25) is 0 Å². The smallest absolute Gasteiger partial charge is 0.0465 e. The summed E-state index contributed by atoms with van der Waals surface area (Å²) in [4.78, 5) is 4.08. The minimum Gasteiger partial charge on any atom is -0.385 e. The van der Waals surface area contributed by atoms with E-state index in [1.807, 2.05) is 12.4 Å². The van der Waals surface area contributed by atoms with Gasteiger partial charge in [-0.15, -0.1) is 0 Å². The molecule has 0 radical (unpaired) electrons. The molecule has 1 aromatic heterocycles. The van der Waals surface area contributed by atoms with E-state index in [2.05, 4.69) is 36.3 Å². The molecule has 0 bridgehead atoms. The number of ether oxygens (including phenoxy) is 1. The minimum atomic E-state index is 0.396. The molecule has 3 nitrogen and oxygen atoms in total. The van der Waals surface area contributed by atoms with Gasteiger partial charge in [0.1, 0.15) is 0 Å². The van der Waals surface area contributed by atoms with Crippen LogP contribution in [0.3, 0.4) is 0 Å². The average Bonchev–Trinajstić information content (AvgIpc) is 2.38. The van der Waals surface area contributed by atoms with Crippen LogP contribution in [0.2, 0.25) is 0 Å². The maximum Gasteiger partial charge on any atom is 0.0465 e. The minimum absolute atomic E-state index is 0.396. The average molecular weight is 236 g/mol. The Labute approximate surface area is 105 Å². The van der Waals surface area contributed by atoms with Gasteiger partial charge in [-0.05, 0) is 43.0 Å². The number of methoxy groups -OCH3 is 1. The highest BCUT2D eigenvalue weighted by atomic mass is 16.5. The number of hydrogen-bond donors (Lipinski definition) is 1. The van der Waals surface area contributed by atoms with Gasteiger partial charge in [-0.1, -0.05) is 13.8 Å². The van der Waals surface area contributed by atoms with Gasteiger partial charge in [0.05, 0.1) is 0 Å². The van der Waals surface area contributed by atoms with Gasteiger partial charge in [0.15, 0.2) is 0 Å². The zero-order valence-corrected chi connectivity index (χ0v) is 11.1. The van der Waals surface area contributed by atoms with E-state index in [1.165, 1.54) is 5.56 Å². The summed E-state index contributed by atoms with van der Waals surface area (Å²) in [7, 11) is 1.76. The van der Waals surface area contributed by atoms with Crippen molar-refractivity contribution < 1.29 is 4.74 Å². The number of nitrogens with zero attached hydrogens (tertiary/aromatic N) is 1. The highest BCUT2D eigenvalue weighted by Gasteiger charge is 2.17. The number of nitrogens with one attached hydrogen (secondary N) is 1. The van der Waals surface area contributed by atoms with Crippen LogP contribution in [0.15, 0.2) is 24.5 Å². The first kappa shape index (κ1) is 14.1. The lowest BCUT2D eigenvalue weighted by Gasteiger charge is -2.25. The Hall–Kier alpha value is -0.930. The van der Waals surface area contributed by atoms with Gasteiger partial charge in [0.25, 0.3) is 0 Å². The van der Waals surface area contributed by atoms with E-state index in [0.717, 1.165) is 26.0 Å². The Balaban J connectivity index is 2.66. The summed E-state index contributed by atoms with van der Waals surface area (Å²) in [6.07, 6.45) is 5.94. The molecule has 3 heteroatoms. The normalized spacial score (nSPS) is 14.5. The zero-order chi connectivity index (χ0) is 12.5. The monoisotopic (exact) mass is 236 g/mol. The fraction of sp³-hybridized carbons (Fsp3) is 0.643. The molecule has 17 heavy (non-hydrogen) atoms. The maximum atomic E-state index is 5.16. The lowest BCUT2D eigenvalue weighted by Crippen LogP contribution is -2.28.